The van der Waals surface area contributed by atoms with Gasteiger partial charge in [0.05, 0.1) is 36.2 Å². The number of amides is 5. The number of piperidine rings is 1. The molecule has 2 unspecified atom stereocenters. The highest BCUT2D eigenvalue weighted by Crippen LogP contribution is 2.41. The number of rotatable bonds is 14. The minimum atomic E-state index is -0.915. The number of ether oxygens (including phenoxy) is 4. The first kappa shape index (κ1) is 43.5. The van der Waals surface area contributed by atoms with Gasteiger partial charge < -0.3 is 53.5 Å². The van der Waals surface area contributed by atoms with Crippen LogP contribution >= 0.6 is 0 Å². The molecule has 334 valence electrons. The van der Waals surface area contributed by atoms with Crippen LogP contribution in [0.3, 0.4) is 0 Å². The third kappa shape index (κ3) is 9.60. The third-order valence-corrected chi connectivity index (χ3v) is 11.9. The van der Waals surface area contributed by atoms with E-state index in [1.165, 1.54) is 17.0 Å². The van der Waals surface area contributed by atoms with E-state index in [0.717, 1.165) is 38.5 Å². The number of fused-ring (bicyclic) bond motifs is 3. The number of hydrogen-bond acceptors (Lipinski definition) is 11. The maximum atomic E-state index is 14.1. The molecule has 0 saturated carbocycles. The molecule has 3 fully saturated rings. The number of carbonyl (C=O) groups is 5. The summed E-state index contributed by atoms with van der Waals surface area (Å²) in [5.41, 5.74) is 2.56. The highest BCUT2D eigenvalue weighted by Gasteiger charge is 2.47. The Bertz CT molecular complexity index is 2360. The number of nitrogens with one attached hydrogen (secondary N) is 2. The monoisotopic (exact) mass is 866 g/mol. The van der Waals surface area contributed by atoms with Gasteiger partial charge in [0.25, 0.3) is 17.7 Å². The van der Waals surface area contributed by atoms with Crippen LogP contribution < -0.4 is 20.3 Å². The predicted molar refractivity (Wildman–Crippen MR) is 232 cm³/mol. The van der Waals surface area contributed by atoms with Gasteiger partial charge in [-0.25, -0.2) is 9.69 Å². The number of furan rings is 1. The Balaban J connectivity index is 0.902. The van der Waals surface area contributed by atoms with Gasteiger partial charge in [0.2, 0.25) is 5.91 Å². The Morgan fingerprint density at radius 1 is 0.952 bits per heavy atom. The van der Waals surface area contributed by atoms with Crippen LogP contribution in [0.5, 0.6) is 5.75 Å². The predicted octanol–water partition coefficient (Wildman–Crippen LogP) is 6.56. The second-order valence-electron chi connectivity index (χ2n) is 16.3. The molecule has 2 aromatic carbocycles. The van der Waals surface area contributed by atoms with E-state index < -0.39 is 37.2 Å². The number of hydrogen-bond donors (Lipinski definition) is 3. The van der Waals surface area contributed by atoms with Crippen molar-refractivity contribution in [3.8, 4) is 5.75 Å². The molecule has 8 rings (SSSR count). The second kappa shape index (κ2) is 19.5. The van der Waals surface area contributed by atoms with Crippen LogP contribution in [0.25, 0.3) is 11.0 Å². The van der Waals surface area contributed by atoms with Crippen molar-refractivity contribution in [2.24, 2.45) is 7.05 Å². The molecular weight excluding hydrogens is 813 g/mol. The number of aliphatic hydroxyl groups excluding tert-OH is 1. The van der Waals surface area contributed by atoms with Gasteiger partial charge in [-0.2, -0.15) is 0 Å². The zero-order valence-electron chi connectivity index (χ0n) is 35.5. The van der Waals surface area contributed by atoms with E-state index in [9.17, 15) is 29.1 Å². The van der Waals surface area contributed by atoms with E-state index in [4.69, 9.17) is 23.4 Å². The summed E-state index contributed by atoms with van der Waals surface area (Å²) in [6.07, 6.45) is 8.06. The summed E-state index contributed by atoms with van der Waals surface area (Å²) in [5.74, 6) is -0.634. The molecule has 0 bridgehead atoms. The zero-order valence-corrected chi connectivity index (χ0v) is 35.5. The fourth-order valence-corrected chi connectivity index (χ4v) is 8.75. The molecule has 3 N–H and O–H groups in total. The zero-order chi connectivity index (χ0) is 44.0. The average Bonchev–Trinajstić information content (AvgIpc) is 4.04. The van der Waals surface area contributed by atoms with Gasteiger partial charge in [-0.15, -0.1) is 0 Å². The molecule has 4 aliphatic heterocycles. The fourth-order valence-electron chi connectivity index (χ4n) is 8.75. The minimum absolute atomic E-state index is 0.0642. The van der Waals surface area contributed by atoms with Crippen LogP contribution in [-0.4, -0.2) is 107 Å². The van der Waals surface area contributed by atoms with Crippen LogP contribution in [0.1, 0.15) is 101 Å². The van der Waals surface area contributed by atoms with Gasteiger partial charge in [-0.05, 0) is 94.2 Å². The van der Waals surface area contributed by atoms with Crippen LogP contribution in [0, 0.1) is 0 Å². The largest absolute Gasteiger partial charge is 0.493 e. The Hall–Kier alpha value is -6.17. The van der Waals surface area contributed by atoms with Crippen LogP contribution in [-0.2, 0) is 32.7 Å². The number of aryl methyl sites for hydroxylation is 1. The lowest BCUT2D eigenvalue weighted by Crippen LogP contribution is -2.54. The molecular formula is C46H54N6O11. The summed E-state index contributed by atoms with van der Waals surface area (Å²) >= 11 is 0. The maximum absolute atomic E-state index is 14.1. The fraction of sp³-hybridized carbons (Fsp3) is 0.457. The van der Waals surface area contributed by atoms with Gasteiger partial charge in [0.15, 0.2) is 18.3 Å². The molecule has 63 heavy (non-hydrogen) atoms. The number of benzene rings is 2. The molecule has 0 spiro atoms. The number of anilines is 3. The number of likely N-dealkylation sites (tertiary alicyclic amines) is 1. The second-order valence-corrected chi connectivity index (χ2v) is 16.3. The van der Waals surface area contributed by atoms with E-state index in [1.807, 2.05) is 4.90 Å². The van der Waals surface area contributed by atoms with E-state index in [0.29, 0.717) is 72.7 Å². The summed E-state index contributed by atoms with van der Waals surface area (Å²) in [5, 5.41) is 16.8. The number of carbonyl (C=O) groups excluding carboxylic acids is 5. The first-order valence-corrected chi connectivity index (χ1v) is 21.8. The molecule has 17 heteroatoms. The molecule has 3 atom stereocenters. The van der Waals surface area contributed by atoms with Crippen molar-refractivity contribution in [2.45, 2.75) is 89.4 Å². The van der Waals surface area contributed by atoms with E-state index >= 15 is 0 Å². The van der Waals surface area contributed by atoms with E-state index in [-0.39, 0.29) is 66.5 Å². The normalized spacial score (nSPS) is 19.9. The smallest absolute Gasteiger partial charge is 0.416 e. The molecule has 6 heterocycles. The van der Waals surface area contributed by atoms with Crippen LogP contribution in [0.4, 0.5) is 21.9 Å². The summed E-state index contributed by atoms with van der Waals surface area (Å²) in [7, 11) is 1.70. The summed E-state index contributed by atoms with van der Waals surface area (Å²) < 4.78 is 31.5. The lowest BCUT2D eigenvalue weighted by atomic mass is 10.1. The highest BCUT2D eigenvalue weighted by atomic mass is 16.7. The van der Waals surface area contributed by atoms with Gasteiger partial charge in [-0.3, -0.25) is 19.2 Å². The third-order valence-electron chi connectivity index (χ3n) is 11.9. The van der Waals surface area contributed by atoms with E-state index in [1.54, 1.807) is 59.1 Å². The summed E-state index contributed by atoms with van der Waals surface area (Å²) in [6, 6.07) is 11.1. The van der Waals surface area contributed by atoms with Crippen molar-refractivity contribution >= 4 is 57.8 Å². The standard InChI is InChI=1S/C46H54N6O11/c1-3-19-61-46(58)52-35-26-38(30(28-53)23-33(35)43(56)51-18-9-11-34(51)45(52)63-41-13-5-8-20-60-41)59-21-10-12-40(54)47-32-25-36(49(2)27-32)42(55)48-31-14-15-37-29(22-31)24-39(62-37)44(57)50-16-6-4-7-17-50/h3,14-15,22-27,34,41,45,53H,1,4-13,16-21,28H2,2H3,(H,47,54)(H,48,55)/t34-,41?,45?/m0/s1. The van der Waals surface area contributed by atoms with Crippen molar-refractivity contribution in [3.05, 3.63) is 83.9 Å². The first-order valence-electron chi connectivity index (χ1n) is 21.8. The van der Waals surface area contributed by atoms with Gasteiger partial charge >= 0.3 is 6.09 Å². The van der Waals surface area contributed by atoms with Crippen molar-refractivity contribution < 1.29 is 52.4 Å². The molecule has 4 aromatic rings. The Morgan fingerprint density at radius 3 is 2.57 bits per heavy atom. The Kier molecular flexibility index (Phi) is 13.4. The molecule has 5 amide bonds. The molecule has 4 aliphatic rings. The maximum Gasteiger partial charge on any atom is 0.416 e. The van der Waals surface area contributed by atoms with Gasteiger partial charge in [0, 0.05) is 68.6 Å². The van der Waals surface area contributed by atoms with Crippen molar-refractivity contribution in [2.75, 3.05) is 55.0 Å². The van der Waals surface area contributed by atoms with Gasteiger partial charge in [0.1, 0.15) is 23.6 Å². The summed E-state index contributed by atoms with van der Waals surface area (Å²) in [4.78, 5) is 72.2. The molecule has 3 saturated heterocycles. The topological polar surface area (TPSA) is 194 Å². The average molecular weight is 867 g/mol. The minimum Gasteiger partial charge on any atom is -0.493 e. The molecule has 0 radical (unpaired) electrons. The molecule has 2 aromatic heterocycles. The molecule has 0 aliphatic carbocycles. The number of aliphatic hydroxyl groups is 1. The lowest BCUT2D eigenvalue weighted by molar-refractivity contribution is -0.195. The number of nitrogens with zero attached hydrogens (tertiary/aromatic N) is 4. The Labute approximate surface area is 364 Å². The molecule has 17 nitrogen and oxygen atoms in total. The SMILES string of the molecule is C=CCOC(=O)N1c2cc(OCCCC(=O)Nc3cc(C(=O)Nc4ccc5oc(C(=O)N6CCCCC6)cc5c4)n(C)c3)c(CO)cc2C(=O)N2CCC[C@H]2C1OC1CCCCO1. The quantitative estimate of drug-likeness (QED) is 0.0919. The Morgan fingerprint density at radius 2 is 1.79 bits per heavy atom. The van der Waals surface area contributed by atoms with Crippen molar-refractivity contribution in [1.82, 2.24) is 14.4 Å². The van der Waals surface area contributed by atoms with E-state index in [2.05, 4.69) is 17.2 Å². The van der Waals surface area contributed by atoms with Crippen LogP contribution in [0.15, 0.2) is 65.7 Å². The highest BCUT2D eigenvalue weighted by molar-refractivity contribution is 6.07. The van der Waals surface area contributed by atoms with Crippen LogP contribution in [0.2, 0.25) is 0 Å². The van der Waals surface area contributed by atoms with Crippen molar-refractivity contribution in [3.63, 3.8) is 0 Å². The summed E-state index contributed by atoms with van der Waals surface area (Å²) in [6.45, 7) is 5.65. The van der Waals surface area contributed by atoms with Gasteiger partial charge in [-0.1, -0.05) is 12.7 Å². The lowest BCUT2D eigenvalue weighted by Gasteiger charge is -2.38. The van der Waals surface area contributed by atoms with Crippen molar-refractivity contribution in [1.29, 1.82) is 0 Å². The number of aromatic nitrogens is 1. The first-order chi connectivity index (χ1) is 30.6.